The van der Waals surface area contributed by atoms with Crippen LogP contribution in [-0.2, 0) is 4.79 Å². The summed E-state index contributed by atoms with van der Waals surface area (Å²) in [5.41, 5.74) is 0. The van der Waals surface area contributed by atoms with Crippen molar-refractivity contribution < 1.29 is 4.79 Å². The summed E-state index contributed by atoms with van der Waals surface area (Å²) >= 11 is 0. The third-order valence-corrected chi connectivity index (χ3v) is 3.33. The van der Waals surface area contributed by atoms with E-state index in [2.05, 4.69) is 29.5 Å². The zero-order valence-electron chi connectivity index (χ0n) is 10.0. The minimum Gasteiger partial charge on any atom is -0.358 e. The van der Waals surface area contributed by atoms with Crippen molar-refractivity contribution in [1.29, 1.82) is 0 Å². The van der Waals surface area contributed by atoms with Gasteiger partial charge < -0.3 is 15.5 Å². The monoisotopic (exact) mass is 213 g/mol. The normalized spacial score (nSPS) is 21.3. The van der Waals surface area contributed by atoms with Crippen LogP contribution in [-0.4, -0.2) is 50.6 Å². The van der Waals surface area contributed by atoms with E-state index in [4.69, 9.17) is 0 Å². The Labute approximate surface area is 92.4 Å². The lowest BCUT2D eigenvalue weighted by Crippen LogP contribution is -2.43. The summed E-state index contributed by atoms with van der Waals surface area (Å²) in [7, 11) is 3.84. The summed E-state index contributed by atoms with van der Waals surface area (Å²) in [6.45, 7) is 4.97. The van der Waals surface area contributed by atoms with E-state index in [1.165, 1.54) is 25.9 Å². The van der Waals surface area contributed by atoms with Crippen molar-refractivity contribution >= 4 is 5.91 Å². The molecule has 0 bridgehead atoms. The van der Waals surface area contributed by atoms with Crippen molar-refractivity contribution in [1.82, 2.24) is 15.5 Å². The summed E-state index contributed by atoms with van der Waals surface area (Å²) in [6, 6.07) is 0.441. The molecule has 1 amide bonds. The molecule has 1 aliphatic heterocycles. The van der Waals surface area contributed by atoms with Gasteiger partial charge in [-0.25, -0.2) is 0 Å². The van der Waals surface area contributed by atoms with E-state index in [-0.39, 0.29) is 5.91 Å². The third kappa shape index (κ3) is 4.18. The lowest BCUT2D eigenvalue weighted by atomic mass is 9.90. The van der Waals surface area contributed by atoms with E-state index in [9.17, 15) is 4.79 Å². The highest BCUT2D eigenvalue weighted by atomic mass is 16.1. The number of amides is 1. The van der Waals surface area contributed by atoms with E-state index >= 15 is 0 Å². The first-order valence-electron chi connectivity index (χ1n) is 5.76. The molecule has 0 radical (unpaired) electrons. The first kappa shape index (κ1) is 12.5. The molecule has 1 heterocycles. The molecule has 2 N–H and O–H groups in total. The molecule has 0 spiro atoms. The molecule has 1 rings (SSSR count). The summed E-state index contributed by atoms with van der Waals surface area (Å²) in [6.07, 6.45) is 2.47. The fourth-order valence-corrected chi connectivity index (χ4v) is 2.04. The maximum absolute atomic E-state index is 11.1. The van der Waals surface area contributed by atoms with Gasteiger partial charge in [-0.2, -0.15) is 0 Å². The van der Waals surface area contributed by atoms with Crippen LogP contribution in [0.3, 0.4) is 0 Å². The number of rotatable bonds is 4. The van der Waals surface area contributed by atoms with Crippen molar-refractivity contribution in [2.45, 2.75) is 25.8 Å². The Morgan fingerprint density at radius 2 is 2.07 bits per heavy atom. The van der Waals surface area contributed by atoms with Crippen molar-refractivity contribution in [3.63, 3.8) is 0 Å². The van der Waals surface area contributed by atoms with Crippen LogP contribution in [0.1, 0.15) is 19.8 Å². The average molecular weight is 213 g/mol. The summed E-state index contributed by atoms with van der Waals surface area (Å²) in [5, 5.41) is 5.91. The predicted octanol–water partition coefficient (Wildman–Crippen LogP) is 0.0523. The van der Waals surface area contributed by atoms with Gasteiger partial charge in [-0.3, -0.25) is 4.79 Å². The van der Waals surface area contributed by atoms with E-state index in [1.54, 1.807) is 7.05 Å². The first-order valence-corrected chi connectivity index (χ1v) is 5.76. The Morgan fingerprint density at radius 1 is 1.47 bits per heavy atom. The van der Waals surface area contributed by atoms with Crippen molar-refractivity contribution in [2.75, 3.05) is 33.7 Å². The van der Waals surface area contributed by atoms with Crippen LogP contribution in [0.5, 0.6) is 0 Å². The van der Waals surface area contributed by atoms with Gasteiger partial charge in [-0.15, -0.1) is 0 Å². The Kier molecular flexibility index (Phi) is 5.05. The number of carbonyl (C=O) groups is 1. The molecule has 0 aromatic heterocycles. The van der Waals surface area contributed by atoms with Crippen LogP contribution < -0.4 is 10.6 Å². The van der Waals surface area contributed by atoms with Gasteiger partial charge in [0.25, 0.3) is 0 Å². The summed E-state index contributed by atoms with van der Waals surface area (Å²) in [4.78, 5) is 13.4. The van der Waals surface area contributed by atoms with Gasteiger partial charge in [0, 0.05) is 13.1 Å². The van der Waals surface area contributed by atoms with Gasteiger partial charge in [0.15, 0.2) is 0 Å². The van der Waals surface area contributed by atoms with Crippen molar-refractivity contribution in [2.24, 2.45) is 5.92 Å². The molecule has 0 saturated carbocycles. The Morgan fingerprint density at radius 3 is 2.60 bits per heavy atom. The minimum atomic E-state index is 0.0646. The molecule has 15 heavy (non-hydrogen) atoms. The second kappa shape index (κ2) is 6.08. The number of hydrogen-bond acceptors (Lipinski definition) is 3. The first-order chi connectivity index (χ1) is 7.13. The van der Waals surface area contributed by atoms with Crippen LogP contribution >= 0.6 is 0 Å². The highest BCUT2D eigenvalue weighted by Crippen LogP contribution is 2.19. The van der Waals surface area contributed by atoms with E-state index in [0.717, 1.165) is 0 Å². The Hall–Kier alpha value is -0.610. The topological polar surface area (TPSA) is 44.4 Å². The predicted molar refractivity (Wildman–Crippen MR) is 61.8 cm³/mol. The van der Waals surface area contributed by atoms with Crippen LogP contribution in [0.2, 0.25) is 0 Å². The Balaban J connectivity index is 2.22. The molecule has 0 aromatic rings. The molecule has 1 atom stereocenters. The van der Waals surface area contributed by atoms with Crippen LogP contribution in [0, 0.1) is 5.92 Å². The van der Waals surface area contributed by atoms with Gasteiger partial charge in [0.05, 0.1) is 6.54 Å². The lowest BCUT2D eigenvalue weighted by molar-refractivity contribution is -0.119. The van der Waals surface area contributed by atoms with Crippen LogP contribution in [0.25, 0.3) is 0 Å². The van der Waals surface area contributed by atoms with E-state index < -0.39 is 0 Å². The molecule has 4 heteroatoms. The van der Waals surface area contributed by atoms with Gasteiger partial charge >= 0.3 is 0 Å². The van der Waals surface area contributed by atoms with Gasteiger partial charge in [0.1, 0.15) is 0 Å². The lowest BCUT2D eigenvalue weighted by Gasteiger charge is -2.33. The smallest absolute Gasteiger partial charge is 0.233 e. The molecule has 0 aliphatic carbocycles. The Bertz CT molecular complexity index is 200. The molecule has 1 fully saturated rings. The summed E-state index contributed by atoms with van der Waals surface area (Å²) in [5.74, 6) is 0.778. The quantitative estimate of drug-likeness (QED) is 0.694. The molecule has 88 valence electrons. The standard InChI is InChI=1S/C11H23N3O/c1-9(13-8-11(15)12-2)10-4-6-14(3)7-5-10/h9-10,13H,4-8H2,1-3H3,(H,12,15). The van der Waals surface area contributed by atoms with Crippen LogP contribution in [0.15, 0.2) is 0 Å². The average Bonchev–Trinajstić information content (AvgIpc) is 2.26. The number of likely N-dealkylation sites (N-methyl/N-ethyl adjacent to an activating group) is 1. The fraction of sp³-hybridized carbons (Fsp3) is 0.909. The minimum absolute atomic E-state index is 0.0646. The zero-order valence-corrected chi connectivity index (χ0v) is 10.0. The molecule has 1 unspecified atom stereocenters. The number of piperidine rings is 1. The number of carbonyl (C=O) groups excluding carboxylic acids is 1. The van der Waals surface area contributed by atoms with Crippen LogP contribution in [0.4, 0.5) is 0 Å². The number of hydrogen-bond donors (Lipinski definition) is 2. The van der Waals surface area contributed by atoms with Gasteiger partial charge in [0.2, 0.25) is 5.91 Å². The second-order valence-corrected chi connectivity index (χ2v) is 4.48. The summed E-state index contributed by atoms with van der Waals surface area (Å²) < 4.78 is 0. The molecule has 1 saturated heterocycles. The highest BCUT2D eigenvalue weighted by molar-refractivity contribution is 5.77. The van der Waals surface area contributed by atoms with E-state index in [0.29, 0.717) is 18.5 Å². The fourth-order valence-electron chi connectivity index (χ4n) is 2.04. The molecule has 0 aromatic carbocycles. The van der Waals surface area contributed by atoms with E-state index in [1.807, 2.05) is 0 Å². The van der Waals surface area contributed by atoms with Crippen molar-refractivity contribution in [3.05, 3.63) is 0 Å². The number of likely N-dealkylation sites (tertiary alicyclic amines) is 1. The number of nitrogens with zero attached hydrogens (tertiary/aromatic N) is 1. The molecular formula is C11H23N3O. The maximum atomic E-state index is 11.1. The highest BCUT2D eigenvalue weighted by Gasteiger charge is 2.21. The molecular weight excluding hydrogens is 190 g/mol. The molecule has 1 aliphatic rings. The molecule has 4 nitrogen and oxygen atoms in total. The van der Waals surface area contributed by atoms with Gasteiger partial charge in [-0.05, 0) is 45.8 Å². The maximum Gasteiger partial charge on any atom is 0.233 e. The zero-order chi connectivity index (χ0) is 11.3. The SMILES string of the molecule is CNC(=O)CNC(C)C1CCN(C)CC1. The largest absolute Gasteiger partial charge is 0.358 e. The third-order valence-electron chi connectivity index (χ3n) is 3.33. The van der Waals surface area contributed by atoms with Crippen molar-refractivity contribution in [3.8, 4) is 0 Å². The second-order valence-electron chi connectivity index (χ2n) is 4.48. The number of nitrogens with one attached hydrogen (secondary N) is 2. The van der Waals surface area contributed by atoms with Gasteiger partial charge in [-0.1, -0.05) is 0 Å².